The van der Waals surface area contributed by atoms with Crippen LogP contribution in [0.2, 0.25) is 0 Å². The predicted molar refractivity (Wildman–Crippen MR) is 134 cm³/mol. The van der Waals surface area contributed by atoms with Crippen LogP contribution in [0.5, 0.6) is 11.6 Å². The molecule has 0 spiro atoms. The number of alkyl halides is 4. The van der Waals surface area contributed by atoms with Crippen LogP contribution in [-0.4, -0.2) is 58.7 Å². The Morgan fingerprint density at radius 3 is 2.46 bits per heavy atom. The molecule has 0 aliphatic carbocycles. The van der Waals surface area contributed by atoms with Crippen LogP contribution in [0.15, 0.2) is 58.3 Å². The second-order valence-electron chi connectivity index (χ2n) is 7.91. The fourth-order valence-corrected chi connectivity index (χ4v) is 3.71. The Hall–Kier alpha value is -5.01. The van der Waals surface area contributed by atoms with Gasteiger partial charge in [-0.2, -0.15) is 18.6 Å². The average Bonchev–Trinajstić information content (AvgIpc) is 2.88. The zero-order valence-electron chi connectivity index (χ0n) is 20.0. The number of aliphatic imine (C=N–C) groups is 1. The molecule has 2 heterocycles. The van der Waals surface area contributed by atoms with Gasteiger partial charge in [-0.05, 0) is 35.9 Å². The number of benzene rings is 2. The smallest absolute Gasteiger partial charge is 0.387 e. The van der Waals surface area contributed by atoms with Gasteiger partial charge in [-0.15, -0.1) is 0 Å². The Morgan fingerprint density at radius 2 is 1.85 bits per heavy atom. The van der Waals surface area contributed by atoms with E-state index in [0.29, 0.717) is 11.3 Å². The number of aromatic carboxylic acids is 1. The summed E-state index contributed by atoms with van der Waals surface area (Å²) in [4.78, 5) is 34.0. The molecular formula is C25H19F4N5O5. The van der Waals surface area contributed by atoms with Crippen molar-refractivity contribution in [3.63, 3.8) is 0 Å². The maximum absolute atomic E-state index is 13.8. The minimum Gasteiger partial charge on any atom is -0.478 e. The van der Waals surface area contributed by atoms with Crippen LogP contribution in [0.4, 0.5) is 23.2 Å². The molecule has 2 aromatic carbocycles. The van der Waals surface area contributed by atoms with Gasteiger partial charge in [-0.3, -0.25) is 9.79 Å². The zero-order chi connectivity index (χ0) is 28.3. The van der Waals surface area contributed by atoms with E-state index in [9.17, 15) is 32.3 Å². The molecule has 10 nitrogen and oxygen atoms in total. The number of hydrogen-bond acceptors (Lipinski definition) is 8. The Morgan fingerprint density at radius 1 is 1.13 bits per heavy atom. The molecule has 0 bridgehead atoms. The third kappa shape index (κ3) is 5.79. The lowest BCUT2D eigenvalue weighted by Gasteiger charge is -2.15. The van der Waals surface area contributed by atoms with Gasteiger partial charge in [0.25, 0.3) is 12.0 Å². The third-order valence-electron chi connectivity index (χ3n) is 5.35. The number of anilines is 1. The SMILES string of the molecule is CN=Cc1cc(-n2nc3c(C(=O)O)cc(OCC(F)F)nc3c(-c3ccc(OC(F)F)cc3)c2=O)ccc1N. The summed E-state index contributed by atoms with van der Waals surface area (Å²) >= 11 is 0. The predicted octanol–water partition coefficient (Wildman–Crippen LogP) is 4.02. The standard InChI is InChI=1S/C25H19F4N5O5/c1-31-10-13-8-14(4-7-17(13)30)34-23(35)20(12-2-5-15(6-3-12)39-25(28)29)22-21(33-34)16(24(36)37)9-19(32-22)38-11-18(26)27/h2-10,18,25H,11,30H2,1H3,(H,36,37). The minimum absolute atomic E-state index is 0.128. The number of carboxylic acids is 1. The summed E-state index contributed by atoms with van der Waals surface area (Å²) in [5.41, 5.74) is 5.08. The van der Waals surface area contributed by atoms with Crippen LogP contribution in [0, 0.1) is 0 Å². The monoisotopic (exact) mass is 545 g/mol. The molecule has 4 aromatic rings. The molecule has 0 radical (unpaired) electrons. The number of fused-ring (bicyclic) bond motifs is 1. The Bertz CT molecular complexity index is 1620. The van der Waals surface area contributed by atoms with Gasteiger partial charge >= 0.3 is 12.6 Å². The first-order valence-electron chi connectivity index (χ1n) is 11.1. The number of aromatic nitrogens is 3. The third-order valence-corrected chi connectivity index (χ3v) is 5.35. The normalized spacial score (nSPS) is 11.6. The Labute approximate surface area is 216 Å². The van der Waals surface area contributed by atoms with Crippen LogP contribution in [-0.2, 0) is 0 Å². The van der Waals surface area contributed by atoms with E-state index in [4.69, 9.17) is 10.5 Å². The largest absolute Gasteiger partial charge is 0.478 e. The number of carbonyl (C=O) groups is 1. The number of hydrogen-bond donors (Lipinski definition) is 2. The lowest BCUT2D eigenvalue weighted by Crippen LogP contribution is -2.25. The van der Waals surface area contributed by atoms with Gasteiger partial charge in [0.1, 0.15) is 16.8 Å². The van der Waals surface area contributed by atoms with Crippen molar-refractivity contribution in [3.8, 4) is 28.4 Å². The molecule has 0 fully saturated rings. The quantitative estimate of drug-likeness (QED) is 0.183. The van der Waals surface area contributed by atoms with Crippen molar-refractivity contribution in [1.82, 2.24) is 14.8 Å². The highest BCUT2D eigenvalue weighted by molar-refractivity contribution is 6.04. The average molecular weight is 545 g/mol. The van der Waals surface area contributed by atoms with Gasteiger partial charge in [0, 0.05) is 30.6 Å². The molecule has 4 rings (SSSR count). The maximum Gasteiger partial charge on any atom is 0.387 e. The summed E-state index contributed by atoms with van der Waals surface area (Å²) in [5.74, 6) is -2.17. The van der Waals surface area contributed by atoms with Crippen molar-refractivity contribution < 1.29 is 36.9 Å². The molecule has 0 unspecified atom stereocenters. The van der Waals surface area contributed by atoms with Crippen LogP contribution in [0.1, 0.15) is 15.9 Å². The van der Waals surface area contributed by atoms with E-state index in [0.717, 1.165) is 10.7 Å². The Kier molecular flexibility index (Phi) is 7.74. The molecule has 0 saturated heterocycles. The summed E-state index contributed by atoms with van der Waals surface area (Å²) in [6.45, 7) is -4.17. The summed E-state index contributed by atoms with van der Waals surface area (Å²) in [7, 11) is 1.52. The summed E-state index contributed by atoms with van der Waals surface area (Å²) in [6.07, 6.45) is -1.43. The molecule has 0 aliphatic heterocycles. The Balaban J connectivity index is 2.05. The second-order valence-corrected chi connectivity index (χ2v) is 7.91. The molecular weight excluding hydrogens is 526 g/mol. The first-order chi connectivity index (χ1) is 18.6. The first-order valence-corrected chi connectivity index (χ1v) is 11.1. The van der Waals surface area contributed by atoms with Crippen molar-refractivity contribution in [2.45, 2.75) is 13.0 Å². The molecule has 202 valence electrons. The second kappa shape index (κ2) is 11.2. The highest BCUT2D eigenvalue weighted by atomic mass is 19.3. The van der Waals surface area contributed by atoms with Crippen LogP contribution in [0.3, 0.4) is 0 Å². The van der Waals surface area contributed by atoms with E-state index in [2.05, 4.69) is 19.8 Å². The van der Waals surface area contributed by atoms with E-state index < -0.39 is 42.6 Å². The molecule has 3 N–H and O–H groups in total. The molecule has 0 aliphatic rings. The van der Waals surface area contributed by atoms with Gasteiger partial charge in [-0.25, -0.2) is 18.6 Å². The number of halogens is 4. The number of nitrogens with two attached hydrogens (primary N) is 1. The van der Waals surface area contributed by atoms with E-state index in [1.54, 1.807) is 0 Å². The van der Waals surface area contributed by atoms with Crippen molar-refractivity contribution in [2.75, 3.05) is 19.4 Å². The zero-order valence-corrected chi connectivity index (χ0v) is 20.0. The highest BCUT2D eigenvalue weighted by Crippen LogP contribution is 2.30. The summed E-state index contributed by atoms with van der Waals surface area (Å²) in [5, 5.41) is 14.1. The number of carboxylic acid groups (broad SMARTS) is 1. The van der Waals surface area contributed by atoms with Gasteiger partial charge in [-0.1, -0.05) is 12.1 Å². The number of ether oxygens (including phenoxy) is 2. The van der Waals surface area contributed by atoms with Gasteiger partial charge in [0.15, 0.2) is 6.61 Å². The number of pyridine rings is 1. The maximum atomic E-state index is 13.8. The van der Waals surface area contributed by atoms with Crippen LogP contribution >= 0.6 is 0 Å². The van der Waals surface area contributed by atoms with Crippen LogP contribution in [0.25, 0.3) is 27.8 Å². The first kappa shape index (κ1) is 27.0. The fraction of sp³-hybridized carbons (Fsp3) is 0.160. The number of nitrogens with zero attached hydrogens (tertiary/aromatic N) is 4. The van der Waals surface area contributed by atoms with Crippen molar-refractivity contribution in [3.05, 3.63) is 70.0 Å². The highest BCUT2D eigenvalue weighted by Gasteiger charge is 2.23. The molecule has 39 heavy (non-hydrogen) atoms. The molecule has 0 amide bonds. The number of nitrogen functional groups attached to an aromatic ring is 1. The van der Waals surface area contributed by atoms with E-state index >= 15 is 0 Å². The molecule has 2 aromatic heterocycles. The summed E-state index contributed by atoms with van der Waals surface area (Å²) < 4.78 is 61.0. The molecule has 14 heteroatoms. The topological polar surface area (TPSA) is 142 Å². The van der Waals surface area contributed by atoms with Crippen molar-refractivity contribution >= 4 is 28.9 Å². The molecule has 0 saturated carbocycles. The lowest BCUT2D eigenvalue weighted by molar-refractivity contribution is -0.0498. The van der Waals surface area contributed by atoms with E-state index in [1.165, 1.54) is 55.7 Å². The van der Waals surface area contributed by atoms with Crippen LogP contribution < -0.4 is 20.8 Å². The fourth-order valence-electron chi connectivity index (χ4n) is 3.71. The van der Waals surface area contributed by atoms with E-state index in [-0.39, 0.29) is 33.6 Å². The van der Waals surface area contributed by atoms with Crippen molar-refractivity contribution in [2.24, 2.45) is 4.99 Å². The lowest BCUT2D eigenvalue weighted by atomic mass is 10.0. The minimum atomic E-state index is -3.09. The van der Waals surface area contributed by atoms with Gasteiger partial charge < -0.3 is 20.3 Å². The van der Waals surface area contributed by atoms with Crippen molar-refractivity contribution in [1.29, 1.82) is 0 Å². The van der Waals surface area contributed by atoms with Gasteiger partial charge in [0.05, 0.1) is 16.8 Å². The van der Waals surface area contributed by atoms with Gasteiger partial charge in [0.2, 0.25) is 5.88 Å². The summed E-state index contributed by atoms with van der Waals surface area (Å²) in [6, 6.07) is 10.3. The number of rotatable bonds is 9. The van der Waals surface area contributed by atoms with E-state index in [1.807, 2.05) is 0 Å². The molecule has 0 atom stereocenters.